The maximum Gasteiger partial charge on any atom is 0.338 e. The van der Waals surface area contributed by atoms with E-state index >= 15 is 0 Å². The van der Waals surface area contributed by atoms with Crippen molar-refractivity contribution in [2.45, 2.75) is 13.5 Å². The Morgan fingerprint density at radius 3 is 2.71 bits per heavy atom. The summed E-state index contributed by atoms with van der Waals surface area (Å²) in [5.41, 5.74) is 1.33. The lowest BCUT2D eigenvalue weighted by atomic mass is 10.1. The van der Waals surface area contributed by atoms with Crippen LogP contribution in [0.3, 0.4) is 0 Å². The van der Waals surface area contributed by atoms with Crippen LogP contribution in [-0.4, -0.2) is 34.4 Å². The number of aromatic nitrogens is 1. The van der Waals surface area contributed by atoms with Crippen LogP contribution in [0.2, 0.25) is 0 Å². The van der Waals surface area contributed by atoms with Crippen molar-refractivity contribution in [2.24, 2.45) is 0 Å². The van der Waals surface area contributed by atoms with E-state index in [1.807, 2.05) is 0 Å². The van der Waals surface area contributed by atoms with Gasteiger partial charge in [-0.05, 0) is 25.1 Å². The molecular formula is C17H14N2O5. The van der Waals surface area contributed by atoms with E-state index in [1.54, 1.807) is 13.0 Å². The van der Waals surface area contributed by atoms with E-state index in [0.29, 0.717) is 11.5 Å². The predicted molar refractivity (Wildman–Crippen MR) is 82.4 cm³/mol. The summed E-state index contributed by atoms with van der Waals surface area (Å²) in [6.07, 6.45) is 1.47. The molecule has 3 rings (SSSR count). The van der Waals surface area contributed by atoms with E-state index in [4.69, 9.17) is 9.26 Å². The third kappa shape index (κ3) is 2.71. The predicted octanol–water partition coefficient (Wildman–Crippen LogP) is 2.12. The number of hydrogen-bond acceptors (Lipinski definition) is 6. The maximum absolute atomic E-state index is 12.2. The van der Waals surface area contributed by atoms with Crippen LogP contribution < -0.4 is 0 Å². The van der Waals surface area contributed by atoms with Crippen LogP contribution in [0.25, 0.3) is 0 Å². The summed E-state index contributed by atoms with van der Waals surface area (Å²) in [6, 6.07) is 5.93. The summed E-state index contributed by atoms with van der Waals surface area (Å²) < 4.78 is 10.1. The number of imide groups is 1. The van der Waals surface area contributed by atoms with Gasteiger partial charge in [0.25, 0.3) is 11.8 Å². The highest BCUT2D eigenvalue weighted by Gasteiger charge is 2.35. The van der Waals surface area contributed by atoms with Crippen molar-refractivity contribution < 1.29 is 23.6 Å². The second-order valence-electron chi connectivity index (χ2n) is 5.28. The van der Waals surface area contributed by atoms with Gasteiger partial charge in [-0.2, -0.15) is 0 Å². The van der Waals surface area contributed by atoms with E-state index < -0.39 is 17.8 Å². The van der Waals surface area contributed by atoms with E-state index in [0.717, 1.165) is 4.90 Å². The number of amides is 2. The fourth-order valence-electron chi connectivity index (χ4n) is 2.42. The number of esters is 1. The molecule has 7 heteroatoms. The molecule has 122 valence electrons. The summed E-state index contributed by atoms with van der Waals surface area (Å²) in [5.74, 6) is -1.04. The standard InChI is InChI=1S/C17H14N2O5/c1-3-6-19-15(20)13-5-4-11(8-14(13)16(19)21)17(22)23-9-12-7-10(2)18-24-12/h3-5,7-8H,1,6,9H2,2H3. The molecule has 0 spiro atoms. The number of aryl methyl sites for hydroxylation is 1. The lowest BCUT2D eigenvalue weighted by Crippen LogP contribution is -2.29. The Hall–Kier alpha value is -3.22. The molecule has 1 aromatic heterocycles. The number of rotatable bonds is 5. The van der Waals surface area contributed by atoms with E-state index in [9.17, 15) is 14.4 Å². The summed E-state index contributed by atoms with van der Waals surface area (Å²) in [4.78, 5) is 37.5. The summed E-state index contributed by atoms with van der Waals surface area (Å²) >= 11 is 0. The Morgan fingerprint density at radius 1 is 1.29 bits per heavy atom. The van der Waals surface area contributed by atoms with Crippen molar-refractivity contribution in [3.8, 4) is 0 Å². The first-order valence-electron chi connectivity index (χ1n) is 7.21. The van der Waals surface area contributed by atoms with Gasteiger partial charge in [0, 0.05) is 12.6 Å². The largest absolute Gasteiger partial charge is 0.454 e. The van der Waals surface area contributed by atoms with Gasteiger partial charge in [0.1, 0.15) is 0 Å². The first-order valence-corrected chi connectivity index (χ1v) is 7.21. The minimum Gasteiger partial charge on any atom is -0.454 e. The zero-order chi connectivity index (χ0) is 17.3. The SMILES string of the molecule is C=CCN1C(=O)c2ccc(C(=O)OCc3cc(C)no3)cc2C1=O. The van der Waals surface area contributed by atoms with Crippen LogP contribution in [0.4, 0.5) is 0 Å². The Morgan fingerprint density at radius 2 is 2.04 bits per heavy atom. The molecule has 0 saturated carbocycles. The molecule has 1 aromatic carbocycles. The molecule has 1 aliphatic rings. The Kier molecular flexibility index (Phi) is 3.99. The smallest absolute Gasteiger partial charge is 0.338 e. The van der Waals surface area contributed by atoms with Crippen molar-refractivity contribution >= 4 is 17.8 Å². The lowest BCUT2D eigenvalue weighted by molar-refractivity contribution is 0.0437. The van der Waals surface area contributed by atoms with E-state index in [2.05, 4.69) is 11.7 Å². The molecule has 0 bridgehead atoms. The van der Waals surface area contributed by atoms with Crippen LogP contribution in [0.5, 0.6) is 0 Å². The first-order chi connectivity index (χ1) is 11.5. The highest BCUT2D eigenvalue weighted by Crippen LogP contribution is 2.24. The second-order valence-corrected chi connectivity index (χ2v) is 5.28. The quantitative estimate of drug-likeness (QED) is 0.475. The zero-order valence-electron chi connectivity index (χ0n) is 12.9. The van der Waals surface area contributed by atoms with Crippen LogP contribution in [0.1, 0.15) is 42.5 Å². The van der Waals surface area contributed by atoms with Crippen LogP contribution in [-0.2, 0) is 11.3 Å². The van der Waals surface area contributed by atoms with Gasteiger partial charge in [-0.25, -0.2) is 4.79 Å². The molecule has 1 aliphatic heterocycles. The second kappa shape index (κ2) is 6.11. The molecular weight excluding hydrogens is 312 g/mol. The van der Waals surface area contributed by atoms with Crippen molar-refractivity contribution in [3.05, 3.63) is 65.1 Å². The van der Waals surface area contributed by atoms with Crippen LogP contribution in [0, 0.1) is 6.92 Å². The van der Waals surface area contributed by atoms with Crippen molar-refractivity contribution in [3.63, 3.8) is 0 Å². The van der Waals surface area contributed by atoms with E-state index in [1.165, 1.54) is 24.3 Å². The summed E-state index contributed by atoms with van der Waals surface area (Å²) in [7, 11) is 0. The number of ether oxygens (including phenoxy) is 1. The highest BCUT2D eigenvalue weighted by atomic mass is 16.5. The number of benzene rings is 1. The van der Waals surface area contributed by atoms with Gasteiger partial charge in [0.05, 0.1) is 22.4 Å². The number of fused-ring (bicyclic) bond motifs is 1. The topological polar surface area (TPSA) is 89.7 Å². The molecule has 0 saturated heterocycles. The van der Waals surface area contributed by atoms with Crippen LogP contribution in [0.15, 0.2) is 41.4 Å². The van der Waals surface area contributed by atoms with E-state index in [-0.39, 0.29) is 29.8 Å². The lowest BCUT2D eigenvalue weighted by Gasteiger charge is -2.09. The molecule has 0 radical (unpaired) electrons. The highest BCUT2D eigenvalue weighted by molar-refractivity contribution is 6.22. The van der Waals surface area contributed by atoms with Crippen molar-refractivity contribution in [2.75, 3.05) is 6.54 Å². The van der Waals surface area contributed by atoms with Gasteiger partial charge < -0.3 is 9.26 Å². The average molecular weight is 326 g/mol. The maximum atomic E-state index is 12.2. The molecule has 0 fully saturated rings. The molecule has 0 atom stereocenters. The number of carbonyl (C=O) groups is 3. The minimum absolute atomic E-state index is 0.0633. The van der Waals surface area contributed by atoms with Crippen molar-refractivity contribution in [1.82, 2.24) is 10.1 Å². The fourth-order valence-corrected chi connectivity index (χ4v) is 2.42. The number of carbonyl (C=O) groups excluding carboxylic acids is 3. The Bertz CT molecular complexity index is 852. The Balaban J connectivity index is 1.77. The molecule has 0 unspecified atom stereocenters. The molecule has 0 N–H and O–H groups in total. The monoisotopic (exact) mass is 326 g/mol. The average Bonchev–Trinajstić information content (AvgIpc) is 3.10. The van der Waals surface area contributed by atoms with Gasteiger partial charge in [0.15, 0.2) is 12.4 Å². The van der Waals surface area contributed by atoms with Gasteiger partial charge >= 0.3 is 5.97 Å². The molecule has 2 heterocycles. The summed E-state index contributed by atoms with van der Waals surface area (Å²) in [5, 5.41) is 3.70. The number of nitrogens with zero attached hydrogens (tertiary/aromatic N) is 2. The zero-order valence-corrected chi connectivity index (χ0v) is 12.9. The first kappa shape index (κ1) is 15.7. The third-order valence-electron chi connectivity index (χ3n) is 3.54. The van der Waals surface area contributed by atoms with Gasteiger partial charge in [-0.1, -0.05) is 11.2 Å². The van der Waals surface area contributed by atoms with Gasteiger partial charge in [0.2, 0.25) is 0 Å². The van der Waals surface area contributed by atoms with Gasteiger partial charge in [-0.15, -0.1) is 6.58 Å². The molecule has 24 heavy (non-hydrogen) atoms. The molecule has 2 amide bonds. The van der Waals surface area contributed by atoms with Crippen LogP contribution >= 0.6 is 0 Å². The Labute approximate surface area is 137 Å². The third-order valence-corrected chi connectivity index (χ3v) is 3.54. The minimum atomic E-state index is -0.616. The normalized spacial score (nSPS) is 13.1. The molecule has 7 nitrogen and oxygen atoms in total. The van der Waals surface area contributed by atoms with Crippen molar-refractivity contribution in [1.29, 1.82) is 0 Å². The molecule has 2 aromatic rings. The summed E-state index contributed by atoms with van der Waals surface area (Å²) in [6.45, 7) is 5.34. The number of hydrogen-bond donors (Lipinski definition) is 0. The fraction of sp³-hybridized carbons (Fsp3) is 0.176. The molecule has 0 aliphatic carbocycles. The van der Waals surface area contributed by atoms with Gasteiger partial charge in [-0.3, -0.25) is 14.5 Å².